The van der Waals surface area contributed by atoms with Crippen LogP contribution in [0.3, 0.4) is 0 Å². The maximum atomic E-state index is 10.3. The number of unbranched alkanes of at least 4 members (excludes halogenated alkanes) is 1. The minimum atomic E-state index is 0.206. The minimum absolute atomic E-state index is 0.206. The standard InChI is InChI=1S/C8H15ClO/c1-2-3-4-8(7-10)5-6-9/h7-8H,2-6H2,1H3. The van der Waals surface area contributed by atoms with E-state index in [2.05, 4.69) is 6.92 Å². The summed E-state index contributed by atoms with van der Waals surface area (Å²) in [5, 5.41) is 0. The van der Waals surface area contributed by atoms with Crippen LogP contribution in [0.15, 0.2) is 0 Å². The smallest absolute Gasteiger partial charge is 0.123 e. The first-order chi connectivity index (χ1) is 4.85. The summed E-state index contributed by atoms with van der Waals surface area (Å²) in [5.74, 6) is 0.810. The Bertz CT molecular complexity index is 83.3. The van der Waals surface area contributed by atoms with Crippen LogP contribution in [0.5, 0.6) is 0 Å². The average Bonchev–Trinajstić information content (AvgIpc) is 1.98. The Morgan fingerprint density at radius 2 is 2.20 bits per heavy atom. The van der Waals surface area contributed by atoms with Gasteiger partial charge in [-0.1, -0.05) is 19.8 Å². The Morgan fingerprint density at radius 3 is 2.60 bits per heavy atom. The molecule has 0 aromatic rings. The molecule has 0 radical (unpaired) electrons. The molecule has 0 N–H and O–H groups in total. The number of hydrogen-bond acceptors (Lipinski definition) is 1. The number of rotatable bonds is 6. The minimum Gasteiger partial charge on any atom is -0.303 e. The van der Waals surface area contributed by atoms with E-state index in [1.165, 1.54) is 0 Å². The van der Waals surface area contributed by atoms with Gasteiger partial charge in [-0.3, -0.25) is 0 Å². The highest BCUT2D eigenvalue weighted by Gasteiger charge is 2.04. The van der Waals surface area contributed by atoms with Crippen molar-refractivity contribution < 1.29 is 4.79 Å². The summed E-state index contributed by atoms with van der Waals surface area (Å²) in [6.07, 6.45) is 5.17. The van der Waals surface area contributed by atoms with Gasteiger partial charge in [0.2, 0.25) is 0 Å². The third kappa shape index (κ3) is 4.80. The Balaban J connectivity index is 3.29. The fraction of sp³-hybridized carbons (Fsp3) is 0.875. The maximum Gasteiger partial charge on any atom is 0.123 e. The van der Waals surface area contributed by atoms with Gasteiger partial charge in [0.25, 0.3) is 0 Å². The maximum absolute atomic E-state index is 10.3. The predicted molar refractivity (Wildman–Crippen MR) is 44.4 cm³/mol. The molecule has 0 saturated carbocycles. The summed E-state index contributed by atoms with van der Waals surface area (Å²) in [6, 6.07) is 0. The molecule has 1 atom stereocenters. The van der Waals surface area contributed by atoms with Gasteiger partial charge in [0.1, 0.15) is 6.29 Å². The van der Waals surface area contributed by atoms with E-state index in [-0.39, 0.29) is 5.92 Å². The lowest BCUT2D eigenvalue weighted by Gasteiger charge is -2.05. The van der Waals surface area contributed by atoms with E-state index in [1.807, 2.05) is 0 Å². The number of carbonyl (C=O) groups is 1. The highest BCUT2D eigenvalue weighted by atomic mass is 35.5. The molecular weight excluding hydrogens is 148 g/mol. The van der Waals surface area contributed by atoms with Crippen molar-refractivity contribution in [3.05, 3.63) is 0 Å². The lowest BCUT2D eigenvalue weighted by molar-refractivity contribution is -0.111. The van der Waals surface area contributed by atoms with Crippen molar-refractivity contribution in [2.75, 3.05) is 5.88 Å². The average molecular weight is 163 g/mol. The topological polar surface area (TPSA) is 17.1 Å². The molecule has 1 unspecified atom stereocenters. The molecule has 10 heavy (non-hydrogen) atoms. The molecule has 0 amide bonds. The van der Waals surface area contributed by atoms with E-state index in [9.17, 15) is 4.79 Å². The predicted octanol–water partition coefficient (Wildman–Crippen LogP) is 2.62. The fourth-order valence-electron chi connectivity index (χ4n) is 0.887. The van der Waals surface area contributed by atoms with Crippen molar-refractivity contribution in [2.24, 2.45) is 5.92 Å². The molecule has 0 aliphatic carbocycles. The Labute approximate surface area is 67.8 Å². The fourth-order valence-corrected chi connectivity index (χ4v) is 1.17. The van der Waals surface area contributed by atoms with Gasteiger partial charge in [-0.15, -0.1) is 11.6 Å². The first-order valence-corrected chi connectivity index (χ1v) is 4.39. The van der Waals surface area contributed by atoms with E-state index >= 15 is 0 Å². The molecule has 0 aromatic heterocycles. The molecule has 0 bridgehead atoms. The summed E-state index contributed by atoms with van der Waals surface area (Å²) in [7, 11) is 0. The third-order valence-electron chi connectivity index (χ3n) is 1.60. The Hall–Kier alpha value is -0.0400. The zero-order valence-electron chi connectivity index (χ0n) is 6.48. The van der Waals surface area contributed by atoms with Crippen LogP contribution in [-0.4, -0.2) is 12.2 Å². The van der Waals surface area contributed by atoms with Gasteiger partial charge in [-0.05, 0) is 12.8 Å². The summed E-state index contributed by atoms with van der Waals surface area (Å²) in [5.41, 5.74) is 0. The second-order valence-electron chi connectivity index (χ2n) is 2.52. The van der Waals surface area contributed by atoms with Crippen LogP contribution in [0, 0.1) is 5.92 Å². The number of aldehydes is 1. The van der Waals surface area contributed by atoms with Crippen LogP contribution in [-0.2, 0) is 4.79 Å². The van der Waals surface area contributed by atoms with Crippen molar-refractivity contribution in [1.82, 2.24) is 0 Å². The summed E-state index contributed by atoms with van der Waals surface area (Å²) >= 11 is 5.50. The third-order valence-corrected chi connectivity index (χ3v) is 1.82. The first kappa shape index (κ1) is 9.96. The Kier molecular flexibility index (Phi) is 7.04. The number of halogens is 1. The van der Waals surface area contributed by atoms with Crippen molar-refractivity contribution in [2.45, 2.75) is 32.6 Å². The molecule has 0 rings (SSSR count). The van der Waals surface area contributed by atoms with E-state index < -0.39 is 0 Å². The molecule has 0 aliphatic heterocycles. The van der Waals surface area contributed by atoms with Crippen molar-refractivity contribution in [3.63, 3.8) is 0 Å². The van der Waals surface area contributed by atoms with Crippen LogP contribution in [0.2, 0.25) is 0 Å². The van der Waals surface area contributed by atoms with Crippen LogP contribution < -0.4 is 0 Å². The molecule has 0 saturated heterocycles. The summed E-state index contributed by atoms with van der Waals surface area (Å²) in [6.45, 7) is 2.13. The van der Waals surface area contributed by atoms with E-state index in [4.69, 9.17) is 11.6 Å². The quantitative estimate of drug-likeness (QED) is 0.434. The lowest BCUT2D eigenvalue weighted by atomic mass is 10.0. The van der Waals surface area contributed by atoms with Crippen molar-refractivity contribution in [3.8, 4) is 0 Å². The van der Waals surface area contributed by atoms with Gasteiger partial charge in [0.15, 0.2) is 0 Å². The molecule has 0 fully saturated rings. The molecule has 1 nitrogen and oxygen atoms in total. The van der Waals surface area contributed by atoms with Gasteiger partial charge in [-0.25, -0.2) is 0 Å². The van der Waals surface area contributed by atoms with E-state index in [1.54, 1.807) is 0 Å². The zero-order valence-corrected chi connectivity index (χ0v) is 7.23. The number of hydrogen-bond donors (Lipinski definition) is 0. The highest BCUT2D eigenvalue weighted by molar-refractivity contribution is 6.17. The summed E-state index contributed by atoms with van der Waals surface area (Å²) < 4.78 is 0. The van der Waals surface area contributed by atoms with Gasteiger partial charge in [0, 0.05) is 11.8 Å². The van der Waals surface area contributed by atoms with Crippen LogP contribution in [0.4, 0.5) is 0 Å². The lowest BCUT2D eigenvalue weighted by Crippen LogP contribution is -2.02. The van der Waals surface area contributed by atoms with Crippen LogP contribution in [0.1, 0.15) is 32.6 Å². The van der Waals surface area contributed by atoms with Gasteiger partial charge in [-0.2, -0.15) is 0 Å². The van der Waals surface area contributed by atoms with Crippen LogP contribution >= 0.6 is 11.6 Å². The number of alkyl halides is 1. The molecule has 2 heteroatoms. The second-order valence-corrected chi connectivity index (χ2v) is 2.89. The van der Waals surface area contributed by atoms with E-state index in [0.717, 1.165) is 32.0 Å². The molecule has 0 heterocycles. The van der Waals surface area contributed by atoms with Gasteiger partial charge >= 0.3 is 0 Å². The normalized spacial score (nSPS) is 13.0. The second kappa shape index (κ2) is 7.07. The summed E-state index contributed by atoms with van der Waals surface area (Å²) in [4.78, 5) is 10.3. The SMILES string of the molecule is CCCCC(C=O)CCCl. The largest absolute Gasteiger partial charge is 0.303 e. The highest BCUT2D eigenvalue weighted by Crippen LogP contribution is 2.10. The van der Waals surface area contributed by atoms with Crippen LogP contribution in [0.25, 0.3) is 0 Å². The molecular formula is C8H15ClO. The zero-order chi connectivity index (χ0) is 7.82. The first-order valence-electron chi connectivity index (χ1n) is 3.86. The molecule has 0 aromatic carbocycles. The van der Waals surface area contributed by atoms with E-state index in [0.29, 0.717) is 5.88 Å². The molecule has 0 spiro atoms. The monoisotopic (exact) mass is 162 g/mol. The molecule has 0 aliphatic rings. The van der Waals surface area contributed by atoms with Gasteiger partial charge < -0.3 is 4.79 Å². The number of carbonyl (C=O) groups excluding carboxylic acids is 1. The van der Waals surface area contributed by atoms with Gasteiger partial charge in [0.05, 0.1) is 0 Å². The van der Waals surface area contributed by atoms with Crippen molar-refractivity contribution >= 4 is 17.9 Å². The Morgan fingerprint density at radius 1 is 1.50 bits per heavy atom. The molecule has 60 valence electrons. The van der Waals surface area contributed by atoms with Crippen molar-refractivity contribution in [1.29, 1.82) is 0 Å².